The van der Waals surface area contributed by atoms with E-state index in [4.69, 9.17) is 11.6 Å². The SMILES string of the molecule is C[C@H](N=C1Nc2ncc(Cl)cc2S(=O)(=O)N1)c1ccccc1. The molecular formula is C14H13ClN4O2S. The van der Waals surface area contributed by atoms with Crippen molar-refractivity contribution in [2.45, 2.75) is 17.9 Å². The smallest absolute Gasteiger partial charge is 0.267 e. The third-order valence-electron chi connectivity index (χ3n) is 3.18. The maximum atomic E-state index is 12.2. The number of fused-ring (bicyclic) bond motifs is 1. The molecule has 0 spiro atoms. The standard InChI is InChI=1S/C14H13ClN4O2S/c1-9(10-5-3-2-4-6-10)17-14-18-13-12(22(20,21)19-14)7-11(15)8-16-13/h2-9H,1H3,(H2,16,17,18,19)/t9-/m0/s1. The number of halogens is 1. The quantitative estimate of drug-likeness (QED) is 0.882. The zero-order valence-corrected chi connectivity index (χ0v) is 13.2. The van der Waals surface area contributed by atoms with Crippen molar-refractivity contribution in [3.8, 4) is 0 Å². The molecule has 0 bridgehead atoms. The second-order valence-corrected chi connectivity index (χ2v) is 6.88. The van der Waals surface area contributed by atoms with Gasteiger partial charge in [0.05, 0.1) is 11.1 Å². The number of guanidine groups is 1. The molecule has 2 aromatic rings. The topological polar surface area (TPSA) is 83.5 Å². The van der Waals surface area contributed by atoms with Crippen LogP contribution in [-0.4, -0.2) is 19.4 Å². The van der Waals surface area contributed by atoms with Gasteiger partial charge in [-0.05, 0) is 18.6 Å². The Morgan fingerprint density at radius 3 is 2.73 bits per heavy atom. The molecule has 2 N–H and O–H groups in total. The van der Waals surface area contributed by atoms with Crippen LogP contribution in [0.3, 0.4) is 0 Å². The highest BCUT2D eigenvalue weighted by Crippen LogP contribution is 2.26. The lowest BCUT2D eigenvalue weighted by atomic mass is 10.1. The molecule has 0 radical (unpaired) electrons. The summed E-state index contributed by atoms with van der Waals surface area (Å²) in [7, 11) is -3.73. The average Bonchev–Trinajstić information content (AvgIpc) is 2.48. The van der Waals surface area contributed by atoms with E-state index in [0.717, 1.165) is 5.56 Å². The minimum absolute atomic E-state index is 0.00585. The fourth-order valence-corrected chi connectivity index (χ4v) is 3.43. The number of nitrogens with zero attached hydrogens (tertiary/aromatic N) is 2. The van der Waals surface area contributed by atoms with Crippen LogP contribution in [0.25, 0.3) is 0 Å². The van der Waals surface area contributed by atoms with Crippen molar-refractivity contribution in [3.63, 3.8) is 0 Å². The first-order valence-corrected chi connectivity index (χ1v) is 8.40. The zero-order valence-electron chi connectivity index (χ0n) is 11.6. The number of aromatic nitrogens is 1. The first-order chi connectivity index (χ1) is 10.5. The number of sulfonamides is 1. The minimum Gasteiger partial charge on any atom is -0.309 e. The van der Waals surface area contributed by atoms with Crippen molar-refractivity contribution in [1.82, 2.24) is 9.71 Å². The lowest BCUT2D eigenvalue weighted by molar-refractivity contribution is 0.591. The highest BCUT2D eigenvalue weighted by Gasteiger charge is 2.28. The van der Waals surface area contributed by atoms with Crippen LogP contribution in [0.15, 0.2) is 52.5 Å². The summed E-state index contributed by atoms with van der Waals surface area (Å²) < 4.78 is 26.8. The molecule has 1 aromatic carbocycles. The summed E-state index contributed by atoms with van der Waals surface area (Å²) in [5, 5.41) is 3.12. The fraction of sp³-hybridized carbons (Fsp3) is 0.143. The van der Waals surface area contributed by atoms with Crippen LogP contribution >= 0.6 is 11.6 Å². The van der Waals surface area contributed by atoms with Gasteiger partial charge < -0.3 is 5.32 Å². The summed E-state index contributed by atoms with van der Waals surface area (Å²) in [5.41, 5.74) is 0.978. The maximum Gasteiger partial charge on any atom is 0.267 e. The molecule has 3 rings (SSSR count). The molecule has 0 aliphatic carbocycles. The van der Waals surface area contributed by atoms with Crippen LogP contribution < -0.4 is 10.0 Å². The van der Waals surface area contributed by atoms with E-state index < -0.39 is 10.0 Å². The van der Waals surface area contributed by atoms with E-state index in [1.807, 2.05) is 37.3 Å². The summed E-state index contributed by atoms with van der Waals surface area (Å²) in [6, 6.07) is 10.7. The third kappa shape index (κ3) is 2.90. The Morgan fingerprint density at radius 2 is 2.00 bits per heavy atom. The number of aliphatic imine (C=N–C) groups is 1. The van der Waals surface area contributed by atoms with E-state index in [1.165, 1.54) is 12.3 Å². The molecule has 6 nitrogen and oxygen atoms in total. The summed E-state index contributed by atoms with van der Waals surface area (Å²) in [5.74, 6) is 0.348. The van der Waals surface area contributed by atoms with Gasteiger partial charge >= 0.3 is 0 Å². The van der Waals surface area contributed by atoms with E-state index in [2.05, 4.69) is 20.0 Å². The Labute approximate surface area is 133 Å². The van der Waals surface area contributed by atoms with Gasteiger partial charge in [-0.3, -0.25) is 0 Å². The highest BCUT2D eigenvalue weighted by atomic mass is 35.5. The summed E-state index contributed by atoms with van der Waals surface area (Å²) in [6.07, 6.45) is 1.38. The summed E-state index contributed by atoms with van der Waals surface area (Å²) in [6.45, 7) is 1.88. The molecule has 1 atom stereocenters. The maximum absolute atomic E-state index is 12.2. The number of benzene rings is 1. The van der Waals surface area contributed by atoms with E-state index >= 15 is 0 Å². The molecule has 0 saturated carbocycles. The number of rotatable bonds is 2. The van der Waals surface area contributed by atoms with Crippen molar-refractivity contribution < 1.29 is 8.42 Å². The number of anilines is 1. The van der Waals surface area contributed by atoms with Gasteiger partial charge in [-0.25, -0.2) is 23.1 Å². The number of hydrogen-bond acceptors (Lipinski definition) is 4. The van der Waals surface area contributed by atoms with Gasteiger partial charge in [0.1, 0.15) is 4.90 Å². The zero-order chi connectivity index (χ0) is 15.7. The Kier molecular flexibility index (Phi) is 3.76. The summed E-state index contributed by atoms with van der Waals surface area (Å²) >= 11 is 5.79. The molecule has 1 aromatic heterocycles. The van der Waals surface area contributed by atoms with Crippen LogP contribution in [-0.2, 0) is 10.0 Å². The monoisotopic (exact) mass is 336 g/mol. The molecule has 2 heterocycles. The van der Waals surface area contributed by atoms with E-state index in [0.29, 0.717) is 0 Å². The first-order valence-electron chi connectivity index (χ1n) is 6.54. The molecule has 114 valence electrons. The van der Waals surface area contributed by atoms with Crippen LogP contribution in [0.2, 0.25) is 5.02 Å². The van der Waals surface area contributed by atoms with Gasteiger partial charge in [0.2, 0.25) is 5.96 Å². The van der Waals surface area contributed by atoms with E-state index in [-0.39, 0.29) is 27.7 Å². The van der Waals surface area contributed by atoms with Crippen LogP contribution in [0.5, 0.6) is 0 Å². The van der Waals surface area contributed by atoms with Crippen molar-refractivity contribution in [1.29, 1.82) is 0 Å². The Morgan fingerprint density at radius 1 is 1.27 bits per heavy atom. The van der Waals surface area contributed by atoms with E-state index in [9.17, 15) is 8.42 Å². The van der Waals surface area contributed by atoms with Crippen LogP contribution in [0.4, 0.5) is 5.82 Å². The first kappa shape index (κ1) is 14.8. The van der Waals surface area contributed by atoms with Crippen molar-refractivity contribution in [2.24, 2.45) is 4.99 Å². The Balaban J connectivity index is 1.95. The number of hydrogen-bond donors (Lipinski definition) is 2. The molecule has 1 aliphatic rings. The van der Waals surface area contributed by atoms with Crippen molar-refractivity contribution in [3.05, 3.63) is 53.2 Å². The number of nitrogens with one attached hydrogen (secondary N) is 2. The van der Waals surface area contributed by atoms with Gasteiger partial charge in [-0.15, -0.1) is 0 Å². The highest BCUT2D eigenvalue weighted by molar-refractivity contribution is 7.90. The Bertz CT molecular complexity index is 837. The second kappa shape index (κ2) is 5.58. The van der Waals surface area contributed by atoms with E-state index in [1.54, 1.807) is 0 Å². The molecule has 0 fully saturated rings. The molecule has 0 unspecified atom stereocenters. The van der Waals surface area contributed by atoms with Crippen molar-refractivity contribution in [2.75, 3.05) is 5.32 Å². The van der Waals surface area contributed by atoms with Gasteiger partial charge in [0.25, 0.3) is 10.0 Å². The molecule has 0 saturated heterocycles. The average molecular weight is 337 g/mol. The largest absolute Gasteiger partial charge is 0.309 e. The third-order valence-corrected chi connectivity index (χ3v) is 4.74. The fourth-order valence-electron chi connectivity index (χ4n) is 2.10. The second-order valence-electron chi connectivity index (χ2n) is 4.80. The lowest BCUT2D eigenvalue weighted by Gasteiger charge is -2.21. The predicted molar refractivity (Wildman–Crippen MR) is 85.5 cm³/mol. The molecule has 22 heavy (non-hydrogen) atoms. The van der Waals surface area contributed by atoms with Gasteiger partial charge in [0, 0.05) is 6.20 Å². The van der Waals surface area contributed by atoms with Crippen LogP contribution in [0, 0.1) is 0 Å². The normalized spacial score (nSPS) is 18.9. The molecule has 8 heteroatoms. The molecular weight excluding hydrogens is 324 g/mol. The van der Waals surface area contributed by atoms with Crippen LogP contribution in [0.1, 0.15) is 18.5 Å². The minimum atomic E-state index is -3.73. The predicted octanol–water partition coefficient (Wildman–Crippen LogP) is 2.56. The number of pyridine rings is 1. The Hall–Kier alpha value is -2.12. The molecule has 0 amide bonds. The summed E-state index contributed by atoms with van der Waals surface area (Å²) in [4.78, 5) is 8.37. The van der Waals surface area contributed by atoms with Gasteiger partial charge in [-0.2, -0.15) is 0 Å². The molecule has 1 aliphatic heterocycles. The van der Waals surface area contributed by atoms with Crippen molar-refractivity contribution >= 4 is 33.4 Å². The lowest BCUT2D eigenvalue weighted by Crippen LogP contribution is -2.41. The van der Waals surface area contributed by atoms with Gasteiger partial charge in [-0.1, -0.05) is 41.9 Å². The van der Waals surface area contributed by atoms with Gasteiger partial charge in [0.15, 0.2) is 5.82 Å².